The van der Waals surface area contributed by atoms with Crippen molar-refractivity contribution >= 4 is 11.1 Å². The van der Waals surface area contributed by atoms with Crippen LogP contribution in [0.1, 0.15) is 5.56 Å². The van der Waals surface area contributed by atoms with E-state index in [2.05, 4.69) is 15.0 Å². The fraction of sp³-hybridized carbons (Fsp3) is 0. The van der Waals surface area contributed by atoms with Crippen molar-refractivity contribution in [3.63, 3.8) is 0 Å². The molecule has 0 nitrogen and oxygen atoms in total. The number of hydrogen-bond donors (Lipinski definition) is 0. The molecule has 0 saturated carbocycles. The minimum atomic E-state index is 1.19. The van der Waals surface area contributed by atoms with Crippen LogP contribution in [-0.2, 0) is 15.0 Å². The number of benzene rings is 1. The maximum atomic E-state index is 4.38. The minimum absolute atomic E-state index is 1.19. The molecule has 0 spiro atoms. The zero-order valence-electron chi connectivity index (χ0n) is 5.44. The molecule has 0 N–H and O–H groups in total. The molecular formula is C9H8Ni. The SMILES string of the molecule is [Ni]=[CH]/C=C/c1ccccc1. The molecule has 0 aliphatic rings. The second-order valence-corrected chi connectivity index (χ2v) is 2.20. The summed E-state index contributed by atoms with van der Waals surface area (Å²) in [6, 6.07) is 10.1. The Hall–Kier alpha value is -0.676. The van der Waals surface area contributed by atoms with Crippen molar-refractivity contribution in [2.45, 2.75) is 0 Å². The van der Waals surface area contributed by atoms with Crippen LogP contribution < -0.4 is 0 Å². The molecule has 0 radical (unpaired) electrons. The summed E-state index contributed by atoms with van der Waals surface area (Å²) in [6.07, 6.45) is 3.86. The molecule has 0 bridgehead atoms. The Morgan fingerprint density at radius 2 is 1.80 bits per heavy atom. The van der Waals surface area contributed by atoms with Crippen LogP contribution in [0, 0.1) is 0 Å². The fourth-order valence-corrected chi connectivity index (χ4v) is 0.801. The van der Waals surface area contributed by atoms with E-state index in [4.69, 9.17) is 0 Å². The van der Waals surface area contributed by atoms with Crippen molar-refractivity contribution in [3.8, 4) is 0 Å². The van der Waals surface area contributed by atoms with Crippen molar-refractivity contribution in [2.24, 2.45) is 0 Å². The van der Waals surface area contributed by atoms with Gasteiger partial charge in [-0.2, -0.15) is 0 Å². The second-order valence-electron chi connectivity index (χ2n) is 1.88. The van der Waals surface area contributed by atoms with E-state index < -0.39 is 0 Å². The van der Waals surface area contributed by atoms with E-state index in [1.54, 1.807) is 4.99 Å². The molecule has 0 unspecified atom stereocenters. The van der Waals surface area contributed by atoms with E-state index in [0.29, 0.717) is 0 Å². The van der Waals surface area contributed by atoms with E-state index in [-0.39, 0.29) is 0 Å². The molecule has 0 aliphatic carbocycles. The van der Waals surface area contributed by atoms with Gasteiger partial charge in [0.25, 0.3) is 0 Å². The van der Waals surface area contributed by atoms with Crippen LogP contribution in [0.15, 0.2) is 36.4 Å². The van der Waals surface area contributed by atoms with Gasteiger partial charge in [-0.25, -0.2) is 0 Å². The molecule has 0 heterocycles. The standard InChI is InChI=1S/C9H8.Ni/c1-2-6-9-7-4-3-5-8-9;/h1-8H;/b6-2+;. The first kappa shape index (κ1) is 7.43. The van der Waals surface area contributed by atoms with Gasteiger partial charge in [-0.1, -0.05) is 0 Å². The molecule has 0 aliphatic heterocycles. The van der Waals surface area contributed by atoms with Gasteiger partial charge in [0.2, 0.25) is 0 Å². The summed E-state index contributed by atoms with van der Waals surface area (Å²) in [6.45, 7) is 0. The van der Waals surface area contributed by atoms with E-state index in [9.17, 15) is 0 Å². The first-order valence-corrected chi connectivity index (χ1v) is 3.62. The van der Waals surface area contributed by atoms with Gasteiger partial charge in [-0.15, -0.1) is 0 Å². The third kappa shape index (κ3) is 2.28. The normalized spacial score (nSPS) is 10.2. The van der Waals surface area contributed by atoms with Gasteiger partial charge in [0.05, 0.1) is 0 Å². The summed E-state index contributed by atoms with van der Waals surface area (Å²) in [5.41, 5.74) is 1.19. The molecular weight excluding hydrogens is 167 g/mol. The molecule has 54 valence electrons. The molecule has 1 heteroatoms. The van der Waals surface area contributed by atoms with Crippen LogP contribution in [0.2, 0.25) is 0 Å². The third-order valence-electron chi connectivity index (χ3n) is 1.15. The molecule has 0 fully saturated rings. The van der Waals surface area contributed by atoms with Crippen LogP contribution in [0.5, 0.6) is 0 Å². The zero-order chi connectivity index (χ0) is 7.23. The van der Waals surface area contributed by atoms with Gasteiger partial charge in [0.15, 0.2) is 0 Å². The van der Waals surface area contributed by atoms with Crippen molar-refractivity contribution in [3.05, 3.63) is 42.0 Å². The predicted octanol–water partition coefficient (Wildman–Crippen LogP) is 2.05. The zero-order valence-corrected chi connectivity index (χ0v) is 6.42. The average molecular weight is 175 g/mol. The Labute approximate surface area is 68.5 Å². The monoisotopic (exact) mass is 174 g/mol. The van der Waals surface area contributed by atoms with E-state index in [1.807, 2.05) is 42.5 Å². The Kier molecular flexibility index (Phi) is 3.11. The Balaban J connectivity index is 2.76. The van der Waals surface area contributed by atoms with Crippen molar-refractivity contribution in [1.82, 2.24) is 0 Å². The topological polar surface area (TPSA) is 0 Å². The number of hydrogen-bond acceptors (Lipinski definition) is 0. The Bertz CT molecular complexity index is 224. The summed E-state index contributed by atoms with van der Waals surface area (Å²) in [5.74, 6) is 0. The van der Waals surface area contributed by atoms with Gasteiger partial charge in [0.1, 0.15) is 0 Å². The number of allylic oxidation sites excluding steroid dienone is 1. The predicted molar refractivity (Wildman–Crippen MR) is 41.5 cm³/mol. The Morgan fingerprint density at radius 3 is 2.40 bits per heavy atom. The molecule has 1 rings (SSSR count). The molecule has 0 saturated heterocycles. The van der Waals surface area contributed by atoms with Gasteiger partial charge < -0.3 is 0 Å². The molecule has 0 aromatic heterocycles. The first-order chi connectivity index (χ1) is 4.93. The molecule has 1 aromatic rings. The van der Waals surface area contributed by atoms with Crippen LogP contribution in [0.4, 0.5) is 0 Å². The van der Waals surface area contributed by atoms with Gasteiger partial charge in [0, 0.05) is 0 Å². The summed E-state index contributed by atoms with van der Waals surface area (Å²) in [4.78, 5) is 1.65. The summed E-state index contributed by atoms with van der Waals surface area (Å²) in [7, 11) is 0. The quantitative estimate of drug-likeness (QED) is 0.603. The summed E-state index contributed by atoms with van der Waals surface area (Å²) in [5, 5.41) is 0. The third-order valence-corrected chi connectivity index (χ3v) is 1.34. The molecule has 0 atom stereocenters. The average Bonchev–Trinajstić information content (AvgIpc) is 2.03. The van der Waals surface area contributed by atoms with Crippen LogP contribution in [0.3, 0.4) is 0 Å². The Morgan fingerprint density at radius 1 is 1.10 bits per heavy atom. The summed E-state index contributed by atoms with van der Waals surface area (Å²) >= 11 is 4.38. The maximum absolute atomic E-state index is 4.38. The van der Waals surface area contributed by atoms with Gasteiger partial charge in [-0.05, 0) is 0 Å². The number of rotatable bonds is 2. The van der Waals surface area contributed by atoms with Gasteiger partial charge >= 0.3 is 68.1 Å². The van der Waals surface area contributed by atoms with E-state index in [0.717, 1.165) is 0 Å². The van der Waals surface area contributed by atoms with Crippen LogP contribution >= 0.6 is 0 Å². The van der Waals surface area contributed by atoms with Gasteiger partial charge in [-0.3, -0.25) is 0 Å². The van der Waals surface area contributed by atoms with Crippen molar-refractivity contribution in [1.29, 1.82) is 0 Å². The molecule has 10 heavy (non-hydrogen) atoms. The molecule has 0 amide bonds. The second kappa shape index (κ2) is 4.19. The fourth-order valence-electron chi connectivity index (χ4n) is 0.706. The van der Waals surface area contributed by atoms with E-state index in [1.165, 1.54) is 5.56 Å². The molecule has 1 aromatic carbocycles. The van der Waals surface area contributed by atoms with Crippen molar-refractivity contribution < 1.29 is 15.0 Å². The van der Waals surface area contributed by atoms with Crippen LogP contribution in [-0.4, -0.2) is 4.99 Å². The summed E-state index contributed by atoms with van der Waals surface area (Å²) < 4.78 is 0. The van der Waals surface area contributed by atoms with E-state index >= 15 is 0 Å². The van der Waals surface area contributed by atoms with Crippen molar-refractivity contribution in [2.75, 3.05) is 0 Å². The van der Waals surface area contributed by atoms with Crippen LogP contribution in [0.25, 0.3) is 6.08 Å². The first-order valence-electron chi connectivity index (χ1n) is 3.05.